The summed E-state index contributed by atoms with van der Waals surface area (Å²) in [6, 6.07) is 3.14. The summed E-state index contributed by atoms with van der Waals surface area (Å²) in [7, 11) is 3.86. The Bertz CT molecular complexity index is 1530. The smallest absolute Gasteiger partial charge is 0.372 e. The van der Waals surface area contributed by atoms with Crippen LogP contribution in [0.4, 0.5) is 34.9 Å². The highest BCUT2D eigenvalue weighted by Crippen LogP contribution is 2.37. The van der Waals surface area contributed by atoms with Crippen LogP contribution in [0.1, 0.15) is 36.2 Å². The first-order valence-electron chi connectivity index (χ1n) is 13.9. The molecule has 3 aromatic rings. The lowest BCUT2D eigenvalue weighted by molar-refractivity contribution is -0.138. The molecule has 3 unspecified atom stereocenters. The van der Waals surface area contributed by atoms with Gasteiger partial charge in [0.15, 0.2) is 0 Å². The zero-order valence-electron chi connectivity index (χ0n) is 24.2. The molecule has 14 heteroatoms. The summed E-state index contributed by atoms with van der Waals surface area (Å²) in [4.78, 5) is 41.8. The van der Waals surface area contributed by atoms with E-state index in [1.165, 1.54) is 24.5 Å². The van der Waals surface area contributed by atoms with E-state index in [1.54, 1.807) is 0 Å². The first kappa shape index (κ1) is 30.4. The highest BCUT2D eigenvalue weighted by atomic mass is 19.4. The lowest BCUT2D eigenvalue weighted by Gasteiger charge is -2.35. The number of amides is 1. The van der Waals surface area contributed by atoms with Crippen LogP contribution in [0.2, 0.25) is 0 Å². The molecule has 0 spiro atoms. The van der Waals surface area contributed by atoms with Crippen molar-refractivity contribution in [3.63, 3.8) is 0 Å². The van der Waals surface area contributed by atoms with Crippen LogP contribution in [0.25, 0.3) is 11.1 Å². The molecule has 0 aliphatic carbocycles. The van der Waals surface area contributed by atoms with Gasteiger partial charge >= 0.3 is 6.18 Å². The minimum absolute atomic E-state index is 0.0128. The molecule has 5 rings (SSSR count). The van der Waals surface area contributed by atoms with Crippen molar-refractivity contribution >= 4 is 23.2 Å². The Morgan fingerprint density at radius 1 is 1.07 bits per heavy atom. The number of ether oxygens (including phenoxy) is 1. The number of halogens is 4. The van der Waals surface area contributed by atoms with Gasteiger partial charge < -0.3 is 29.7 Å². The highest BCUT2D eigenvalue weighted by Gasteiger charge is 2.36. The van der Waals surface area contributed by atoms with E-state index in [4.69, 9.17) is 4.74 Å². The van der Waals surface area contributed by atoms with Crippen LogP contribution < -0.4 is 20.7 Å². The van der Waals surface area contributed by atoms with Gasteiger partial charge in [0.2, 0.25) is 11.5 Å². The summed E-state index contributed by atoms with van der Waals surface area (Å²) < 4.78 is 62.5. The fourth-order valence-electron chi connectivity index (χ4n) is 5.58. The predicted molar refractivity (Wildman–Crippen MR) is 154 cm³/mol. The quantitative estimate of drug-likeness (QED) is 0.408. The first-order valence-corrected chi connectivity index (χ1v) is 13.9. The number of aromatic amines is 1. The standard InChI is InChI=1S/C29H33F4N7O3/c1-16-13-40(14-17(2)43-16)28-35-10-18(11-36-28)20-7-24(25(9-23(20)30)39-6-5-19(15-39)38(3)4)37-27(42)21-12-34-26(41)8-22(21)29(31,32)33/h7-12,16-17,19H,5-6,13-15H2,1-4H3,(H,34,41)(H,37,42). The van der Waals surface area contributed by atoms with E-state index in [1.807, 2.05) is 42.6 Å². The Kier molecular flexibility index (Phi) is 8.43. The molecule has 43 heavy (non-hydrogen) atoms. The van der Waals surface area contributed by atoms with E-state index in [2.05, 4.69) is 20.3 Å². The number of carbonyl (C=O) groups is 1. The number of pyridine rings is 1. The van der Waals surface area contributed by atoms with Crippen molar-refractivity contribution in [2.24, 2.45) is 0 Å². The molecule has 0 saturated carbocycles. The molecule has 2 aromatic heterocycles. The molecule has 3 atom stereocenters. The summed E-state index contributed by atoms with van der Waals surface area (Å²) in [5.74, 6) is -1.25. The minimum atomic E-state index is -4.94. The SMILES string of the molecule is CC1CN(c2ncc(-c3cc(NC(=O)c4c[nH]c(=O)cc4C(F)(F)F)c(N4CCC(N(C)C)C4)cc3F)cn2)CC(C)O1. The zero-order chi connectivity index (χ0) is 31.1. The van der Waals surface area contributed by atoms with Crippen LogP contribution in [0.3, 0.4) is 0 Å². The summed E-state index contributed by atoms with van der Waals surface area (Å²) in [5, 5.41) is 2.54. The van der Waals surface area contributed by atoms with Crippen molar-refractivity contribution in [3.8, 4) is 11.1 Å². The second-order valence-electron chi connectivity index (χ2n) is 11.2. The van der Waals surface area contributed by atoms with Crippen molar-refractivity contribution in [3.05, 3.63) is 64.1 Å². The van der Waals surface area contributed by atoms with Crippen LogP contribution in [0, 0.1) is 5.82 Å². The number of anilines is 3. The van der Waals surface area contributed by atoms with E-state index in [0.717, 1.165) is 12.6 Å². The number of H-pyrrole nitrogens is 1. The second-order valence-corrected chi connectivity index (χ2v) is 11.2. The van der Waals surface area contributed by atoms with Crippen molar-refractivity contribution < 1.29 is 27.1 Å². The van der Waals surface area contributed by atoms with Crippen molar-refractivity contribution in [2.75, 3.05) is 55.4 Å². The molecule has 2 fully saturated rings. The van der Waals surface area contributed by atoms with Gasteiger partial charge in [-0.3, -0.25) is 9.59 Å². The Balaban J connectivity index is 1.51. The summed E-state index contributed by atoms with van der Waals surface area (Å²) in [6.45, 7) is 6.17. The van der Waals surface area contributed by atoms with Gasteiger partial charge in [-0.1, -0.05) is 0 Å². The molecule has 2 aliphatic rings. The summed E-state index contributed by atoms with van der Waals surface area (Å²) in [5.41, 5.74) is -2.31. The number of rotatable bonds is 6. The Morgan fingerprint density at radius 2 is 1.74 bits per heavy atom. The average Bonchev–Trinajstić information content (AvgIpc) is 3.43. The number of hydrogen-bond acceptors (Lipinski definition) is 8. The van der Waals surface area contributed by atoms with E-state index in [-0.39, 0.29) is 29.5 Å². The van der Waals surface area contributed by atoms with Crippen molar-refractivity contribution in [2.45, 2.75) is 44.7 Å². The summed E-state index contributed by atoms with van der Waals surface area (Å²) in [6.07, 6.45) is -0.530. The van der Waals surface area contributed by atoms with Gasteiger partial charge in [0.25, 0.3) is 5.91 Å². The normalized spacial score (nSPS) is 21.0. The predicted octanol–water partition coefficient (Wildman–Crippen LogP) is 4.00. The molecule has 2 N–H and O–H groups in total. The van der Waals surface area contributed by atoms with Crippen LogP contribution in [0.15, 0.2) is 41.6 Å². The number of carbonyl (C=O) groups excluding carboxylic acids is 1. The van der Waals surface area contributed by atoms with E-state index < -0.39 is 34.6 Å². The van der Waals surface area contributed by atoms with E-state index >= 15 is 4.39 Å². The number of alkyl halides is 3. The lowest BCUT2D eigenvalue weighted by atomic mass is 10.0. The maximum atomic E-state index is 15.7. The van der Waals surface area contributed by atoms with Crippen LogP contribution in [-0.2, 0) is 10.9 Å². The topological polar surface area (TPSA) is 107 Å². The van der Waals surface area contributed by atoms with E-state index in [9.17, 15) is 22.8 Å². The molecule has 2 aliphatic heterocycles. The highest BCUT2D eigenvalue weighted by molar-refractivity contribution is 6.07. The molecule has 1 aromatic carbocycles. The average molecular weight is 604 g/mol. The maximum absolute atomic E-state index is 15.7. The Labute approximate surface area is 245 Å². The third-order valence-corrected chi connectivity index (χ3v) is 7.69. The molecule has 0 bridgehead atoms. The summed E-state index contributed by atoms with van der Waals surface area (Å²) >= 11 is 0. The van der Waals surface area contributed by atoms with Gasteiger partial charge in [0, 0.05) is 68.0 Å². The number of nitrogens with one attached hydrogen (secondary N) is 2. The van der Waals surface area contributed by atoms with Gasteiger partial charge in [0.05, 0.1) is 34.7 Å². The van der Waals surface area contributed by atoms with Gasteiger partial charge in [-0.05, 0) is 46.5 Å². The number of aromatic nitrogens is 3. The molecule has 10 nitrogen and oxygen atoms in total. The number of benzene rings is 1. The molecular weight excluding hydrogens is 570 g/mol. The van der Waals surface area contributed by atoms with Crippen LogP contribution in [0.5, 0.6) is 0 Å². The zero-order valence-corrected chi connectivity index (χ0v) is 24.2. The fraction of sp³-hybridized carbons (Fsp3) is 0.448. The minimum Gasteiger partial charge on any atom is -0.372 e. The number of nitrogens with zero attached hydrogens (tertiary/aromatic N) is 5. The fourth-order valence-corrected chi connectivity index (χ4v) is 5.58. The number of likely N-dealkylation sites (N-methyl/N-ethyl adjacent to an activating group) is 1. The van der Waals surface area contributed by atoms with Crippen molar-refractivity contribution in [1.29, 1.82) is 0 Å². The van der Waals surface area contributed by atoms with Crippen LogP contribution in [-0.4, -0.2) is 84.3 Å². The monoisotopic (exact) mass is 603 g/mol. The first-order chi connectivity index (χ1) is 20.3. The number of morpholine rings is 1. The maximum Gasteiger partial charge on any atom is 0.417 e. The second kappa shape index (κ2) is 11.9. The molecule has 4 heterocycles. The third-order valence-electron chi connectivity index (χ3n) is 7.69. The van der Waals surface area contributed by atoms with Gasteiger partial charge in [-0.25, -0.2) is 14.4 Å². The van der Waals surface area contributed by atoms with Gasteiger partial charge in [0.1, 0.15) is 5.82 Å². The van der Waals surface area contributed by atoms with E-state index in [0.29, 0.717) is 49.4 Å². The van der Waals surface area contributed by atoms with Gasteiger partial charge in [-0.15, -0.1) is 0 Å². The molecular formula is C29H33F4N7O3. The van der Waals surface area contributed by atoms with Gasteiger partial charge in [-0.2, -0.15) is 13.2 Å². The Morgan fingerprint density at radius 3 is 2.35 bits per heavy atom. The number of hydrogen-bond donors (Lipinski definition) is 2. The molecule has 230 valence electrons. The third kappa shape index (κ3) is 6.64. The largest absolute Gasteiger partial charge is 0.417 e. The van der Waals surface area contributed by atoms with Crippen molar-refractivity contribution in [1.82, 2.24) is 19.9 Å². The molecule has 0 radical (unpaired) electrons. The Hall–Kier alpha value is -4.04. The lowest BCUT2D eigenvalue weighted by Crippen LogP contribution is -2.46. The molecule has 2 saturated heterocycles. The van der Waals surface area contributed by atoms with Crippen LogP contribution >= 0.6 is 0 Å². The molecule has 1 amide bonds.